The summed E-state index contributed by atoms with van der Waals surface area (Å²) in [6, 6.07) is 11.9. The maximum atomic E-state index is 6.15. The highest BCUT2D eigenvalue weighted by molar-refractivity contribution is 9.10. The first-order chi connectivity index (χ1) is 10.1. The number of ether oxygens (including phenoxy) is 1. The molecule has 3 rings (SSSR count). The van der Waals surface area contributed by atoms with Crippen LogP contribution in [0.2, 0.25) is 10.0 Å². The van der Waals surface area contributed by atoms with Crippen molar-refractivity contribution in [2.75, 3.05) is 7.05 Å². The highest BCUT2D eigenvalue weighted by Gasteiger charge is 2.28. The molecule has 1 N–H and O–H groups in total. The van der Waals surface area contributed by atoms with Crippen LogP contribution in [0.3, 0.4) is 0 Å². The summed E-state index contributed by atoms with van der Waals surface area (Å²) < 4.78 is 7.15. The third kappa shape index (κ3) is 3.21. The number of hydrogen-bond acceptors (Lipinski definition) is 2. The average molecular weight is 387 g/mol. The van der Waals surface area contributed by atoms with E-state index in [9.17, 15) is 0 Å². The number of hydrogen-bond donors (Lipinski definition) is 1. The van der Waals surface area contributed by atoms with Crippen molar-refractivity contribution in [2.45, 2.75) is 18.6 Å². The molecule has 1 aliphatic heterocycles. The van der Waals surface area contributed by atoms with E-state index in [0.717, 1.165) is 22.2 Å². The van der Waals surface area contributed by atoms with E-state index in [1.54, 1.807) is 6.07 Å². The van der Waals surface area contributed by atoms with E-state index in [1.165, 1.54) is 5.56 Å². The minimum atomic E-state index is -0.0690. The van der Waals surface area contributed by atoms with Gasteiger partial charge in [0.1, 0.15) is 11.9 Å². The summed E-state index contributed by atoms with van der Waals surface area (Å²) >= 11 is 15.7. The third-order valence-corrected chi connectivity index (χ3v) is 4.60. The molecule has 5 heteroatoms. The Bertz CT molecular complexity index is 657. The van der Waals surface area contributed by atoms with Gasteiger partial charge in [-0.05, 0) is 42.9 Å². The van der Waals surface area contributed by atoms with Crippen molar-refractivity contribution < 1.29 is 4.74 Å². The Morgan fingerprint density at radius 2 is 1.86 bits per heavy atom. The van der Waals surface area contributed by atoms with Crippen LogP contribution in [0, 0.1) is 0 Å². The topological polar surface area (TPSA) is 21.3 Å². The Morgan fingerprint density at radius 3 is 2.52 bits per heavy atom. The van der Waals surface area contributed by atoms with Gasteiger partial charge >= 0.3 is 0 Å². The molecule has 110 valence electrons. The van der Waals surface area contributed by atoms with E-state index in [1.807, 2.05) is 31.3 Å². The Balaban J connectivity index is 1.99. The van der Waals surface area contributed by atoms with E-state index in [-0.39, 0.29) is 12.1 Å². The van der Waals surface area contributed by atoms with Gasteiger partial charge in [0, 0.05) is 32.5 Å². The monoisotopic (exact) mass is 385 g/mol. The van der Waals surface area contributed by atoms with Crippen LogP contribution in [-0.4, -0.2) is 7.05 Å². The third-order valence-electron chi connectivity index (χ3n) is 3.68. The van der Waals surface area contributed by atoms with Gasteiger partial charge < -0.3 is 10.1 Å². The van der Waals surface area contributed by atoms with Gasteiger partial charge in [-0.1, -0.05) is 45.2 Å². The second kappa shape index (κ2) is 6.17. The summed E-state index contributed by atoms with van der Waals surface area (Å²) in [7, 11) is 1.96. The van der Waals surface area contributed by atoms with Crippen molar-refractivity contribution in [1.29, 1.82) is 0 Å². The average Bonchev–Trinajstić information content (AvgIpc) is 2.44. The standard InChI is InChI=1S/C16H14BrCl2NO/c1-20-14-8-15(9-4-11(18)7-12(19)5-9)21-16-6-10(17)2-3-13(14)16/h2-7,14-15,20H,8H2,1H3. The Labute approximate surface area is 142 Å². The molecule has 0 amide bonds. The Morgan fingerprint density at radius 1 is 1.14 bits per heavy atom. The highest BCUT2D eigenvalue weighted by atomic mass is 79.9. The lowest BCUT2D eigenvalue weighted by Gasteiger charge is -2.32. The molecule has 0 aromatic heterocycles. The Kier molecular flexibility index (Phi) is 4.46. The lowest BCUT2D eigenvalue weighted by molar-refractivity contribution is 0.154. The molecule has 0 radical (unpaired) electrons. The van der Waals surface area contributed by atoms with Gasteiger partial charge in [0.05, 0.1) is 0 Å². The largest absolute Gasteiger partial charge is 0.485 e. The molecule has 21 heavy (non-hydrogen) atoms. The van der Waals surface area contributed by atoms with Crippen LogP contribution < -0.4 is 10.1 Å². The molecular formula is C16H14BrCl2NO. The second-order valence-electron chi connectivity index (χ2n) is 5.07. The molecule has 0 aliphatic carbocycles. The first-order valence-electron chi connectivity index (χ1n) is 6.66. The predicted octanol–water partition coefficient (Wildman–Crippen LogP) is 5.54. The molecule has 2 atom stereocenters. The van der Waals surface area contributed by atoms with Gasteiger partial charge in [0.25, 0.3) is 0 Å². The van der Waals surface area contributed by atoms with Crippen LogP contribution >= 0.6 is 39.1 Å². The molecule has 2 aromatic rings. The molecule has 2 unspecified atom stereocenters. The number of nitrogens with one attached hydrogen (secondary N) is 1. The highest BCUT2D eigenvalue weighted by Crippen LogP contribution is 2.42. The summed E-state index contributed by atoms with van der Waals surface area (Å²) in [6.45, 7) is 0. The molecule has 2 nitrogen and oxygen atoms in total. The van der Waals surface area contributed by atoms with Crippen molar-refractivity contribution in [3.63, 3.8) is 0 Å². The first-order valence-corrected chi connectivity index (χ1v) is 8.21. The fourth-order valence-electron chi connectivity index (χ4n) is 2.68. The zero-order chi connectivity index (χ0) is 15.0. The molecular weight excluding hydrogens is 373 g/mol. The maximum Gasteiger partial charge on any atom is 0.126 e. The van der Waals surface area contributed by atoms with E-state index in [2.05, 4.69) is 27.3 Å². The van der Waals surface area contributed by atoms with Gasteiger partial charge in [0.15, 0.2) is 0 Å². The number of rotatable bonds is 2. The van der Waals surface area contributed by atoms with Gasteiger partial charge in [-0.2, -0.15) is 0 Å². The number of fused-ring (bicyclic) bond motifs is 1. The van der Waals surface area contributed by atoms with E-state index in [4.69, 9.17) is 27.9 Å². The lowest BCUT2D eigenvalue weighted by Crippen LogP contribution is -2.26. The molecule has 0 fully saturated rings. The van der Waals surface area contributed by atoms with Crippen LogP contribution in [0.15, 0.2) is 40.9 Å². The molecule has 1 aliphatic rings. The molecule has 0 bridgehead atoms. The second-order valence-corrected chi connectivity index (χ2v) is 6.86. The molecule has 2 aromatic carbocycles. The van der Waals surface area contributed by atoms with E-state index in [0.29, 0.717) is 10.0 Å². The molecule has 0 saturated heterocycles. The van der Waals surface area contributed by atoms with Crippen LogP contribution in [0.4, 0.5) is 0 Å². The predicted molar refractivity (Wildman–Crippen MR) is 90.4 cm³/mol. The van der Waals surface area contributed by atoms with E-state index < -0.39 is 0 Å². The fourth-order valence-corrected chi connectivity index (χ4v) is 3.56. The van der Waals surface area contributed by atoms with Crippen LogP contribution in [0.5, 0.6) is 5.75 Å². The fraction of sp³-hybridized carbons (Fsp3) is 0.250. The summed E-state index contributed by atoms with van der Waals surface area (Å²) in [6.07, 6.45) is 0.766. The smallest absolute Gasteiger partial charge is 0.126 e. The van der Waals surface area contributed by atoms with Crippen molar-refractivity contribution >= 4 is 39.1 Å². The minimum absolute atomic E-state index is 0.0690. The Hall–Kier alpha value is -0.740. The summed E-state index contributed by atoms with van der Waals surface area (Å²) in [5, 5.41) is 4.60. The number of halogens is 3. The van der Waals surface area contributed by atoms with Crippen molar-refractivity contribution in [2.24, 2.45) is 0 Å². The van der Waals surface area contributed by atoms with E-state index >= 15 is 0 Å². The van der Waals surface area contributed by atoms with Crippen molar-refractivity contribution in [3.05, 3.63) is 62.0 Å². The first kappa shape index (κ1) is 15.2. The molecule has 0 spiro atoms. The maximum absolute atomic E-state index is 6.15. The lowest BCUT2D eigenvalue weighted by atomic mass is 9.93. The summed E-state index contributed by atoms with van der Waals surface area (Å²) in [5.41, 5.74) is 2.17. The van der Waals surface area contributed by atoms with Crippen LogP contribution in [0.25, 0.3) is 0 Å². The zero-order valence-corrected chi connectivity index (χ0v) is 14.5. The number of benzene rings is 2. The minimum Gasteiger partial charge on any atom is -0.485 e. The molecule has 1 heterocycles. The van der Waals surface area contributed by atoms with Gasteiger partial charge in [-0.25, -0.2) is 0 Å². The van der Waals surface area contributed by atoms with Crippen molar-refractivity contribution in [1.82, 2.24) is 5.32 Å². The normalized spacial score (nSPS) is 20.8. The van der Waals surface area contributed by atoms with Crippen molar-refractivity contribution in [3.8, 4) is 5.75 Å². The zero-order valence-electron chi connectivity index (χ0n) is 11.4. The van der Waals surface area contributed by atoms with Gasteiger partial charge in [0.2, 0.25) is 0 Å². The summed E-state index contributed by atoms with van der Waals surface area (Å²) in [5.74, 6) is 0.885. The van der Waals surface area contributed by atoms with Crippen LogP contribution in [-0.2, 0) is 0 Å². The quantitative estimate of drug-likeness (QED) is 0.731. The van der Waals surface area contributed by atoms with Gasteiger partial charge in [-0.3, -0.25) is 0 Å². The van der Waals surface area contributed by atoms with Crippen LogP contribution in [0.1, 0.15) is 29.7 Å². The SMILES string of the molecule is CNC1CC(c2cc(Cl)cc(Cl)c2)Oc2cc(Br)ccc21. The molecule has 0 saturated carbocycles. The van der Waals surface area contributed by atoms with Gasteiger partial charge in [-0.15, -0.1) is 0 Å². The summed E-state index contributed by atoms with van der Waals surface area (Å²) in [4.78, 5) is 0.